The van der Waals surface area contributed by atoms with Crippen LogP contribution in [-0.4, -0.2) is 30.5 Å². The van der Waals surface area contributed by atoms with Crippen molar-refractivity contribution in [2.75, 3.05) is 11.6 Å². The summed E-state index contributed by atoms with van der Waals surface area (Å²) in [6.07, 6.45) is 2.80. The van der Waals surface area contributed by atoms with Gasteiger partial charge in [-0.1, -0.05) is 41.3 Å². The van der Waals surface area contributed by atoms with Gasteiger partial charge >= 0.3 is 0 Å². The molecular weight excluding hydrogens is 426 g/mol. The van der Waals surface area contributed by atoms with Crippen LogP contribution in [0.4, 0.5) is 5.13 Å². The Bertz CT molecular complexity index is 1300. The summed E-state index contributed by atoms with van der Waals surface area (Å²) in [5.41, 5.74) is 1.07. The second kappa shape index (κ2) is 7.94. The van der Waals surface area contributed by atoms with Crippen LogP contribution in [0.2, 0.25) is 0 Å². The molecule has 146 valence electrons. The summed E-state index contributed by atoms with van der Waals surface area (Å²) in [5.74, 6) is -0.320. The molecule has 2 aromatic heterocycles. The van der Waals surface area contributed by atoms with E-state index in [1.165, 1.54) is 29.2 Å². The lowest BCUT2D eigenvalue weighted by Crippen LogP contribution is -2.13. The van der Waals surface area contributed by atoms with Gasteiger partial charge in [-0.05, 0) is 42.5 Å². The molecule has 2 aromatic carbocycles. The van der Waals surface area contributed by atoms with E-state index >= 15 is 0 Å². The van der Waals surface area contributed by atoms with Crippen LogP contribution in [0.3, 0.4) is 0 Å². The first-order chi connectivity index (χ1) is 13.9. The first-order valence-electron chi connectivity index (χ1n) is 8.50. The molecule has 0 fully saturated rings. The zero-order valence-electron chi connectivity index (χ0n) is 15.2. The molecule has 29 heavy (non-hydrogen) atoms. The van der Waals surface area contributed by atoms with Gasteiger partial charge in [0.25, 0.3) is 5.91 Å². The van der Waals surface area contributed by atoms with E-state index in [9.17, 15) is 13.2 Å². The molecule has 4 aromatic rings. The van der Waals surface area contributed by atoms with Crippen molar-refractivity contribution in [2.24, 2.45) is 0 Å². The number of carbonyl (C=O) groups excluding carboxylic acids is 1. The predicted molar refractivity (Wildman–Crippen MR) is 115 cm³/mol. The van der Waals surface area contributed by atoms with E-state index in [2.05, 4.69) is 15.3 Å². The lowest BCUT2D eigenvalue weighted by molar-refractivity contribution is 0.102. The van der Waals surface area contributed by atoms with E-state index in [0.29, 0.717) is 25.9 Å². The number of carbonyl (C=O) groups is 1. The van der Waals surface area contributed by atoms with E-state index in [0.717, 1.165) is 11.2 Å². The van der Waals surface area contributed by atoms with E-state index in [4.69, 9.17) is 0 Å². The van der Waals surface area contributed by atoms with Crippen molar-refractivity contribution >= 4 is 54.2 Å². The van der Waals surface area contributed by atoms with Crippen LogP contribution >= 0.6 is 23.1 Å². The Labute approximate surface area is 175 Å². The van der Waals surface area contributed by atoms with Gasteiger partial charge in [0.15, 0.2) is 15.0 Å². The zero-order valence-corrected chi connectivity index (χ0v) is 17.6. The number of sulfone groups is 1. The van der Waals surface area contributed by atoms with Crippen molar-refractivity contribution in [1.29, 1.82) is 0 Å². The lowest BCUT2D eigenvalue weighted by Gasteiger charge is -2.07. The van der Waals surface area contributed by atoms with Gasteiger partial charge in [0.1, 0.15) is 5.03 Å². The van der Waals surface area contributed by atoms with E-state index in [1.807, 2.05) is 30.3 Å². The second-order valence-electron chi connectivity index (χ2n) is 6.15. The Kier molecular flexibility index (Phi) is 5.35. The molecule has 4 rings (SSSR count). The van der Waals surface area contributed by atoms with E-state index < -0.39 is 9.84 Å². The molecular formula is C20H15N3O3S3. The first-order valence-corrected chi connectivity index (χ1v) is 12.0. The van der Waals surface area contributed by atoms with Crippen LogP contribution in [0.15, 0.2) is 81.7 Å². The Morgan fingerprint density at radius 2 is 1.86 bits per heavy atom. The molecule has 0 saturated carbocycles. The maximum absolute atomic E-state index is 12.8. The number of pyridine rings is 1. The Balaban J connectivity index is 1.60. The molecule has 1 N–H and O–H groups in total. The van der Waals surface area contributed by atoms with Crippen molar-refractivity contribution in [3.05, 3.63) is 72.4 Å². The fourth-order valence-corrected chi connectivity index (χ4v) is 5.12. The van der Waals surface area contributed by atoms with Gasteiger partial charge < -0.3 is 0 Å². The molecule has 0 radical (unpaired) electrons. The summed E-state index contributed by atoms with van der Waals surface area (Å²) in [7, 11) is -3.31. The SMILES string of the molecule is CS(=O)(=O)c1ccc2nc(NC(=O)c3cccnc3Sc3ccccc3)sc2c1. The third-order valence-electron chi connectivity index (χ3n) is 3.98. The number of nitrogens with zero attached hydrogens (tertiary/aromatic N) is 2. The molecule has 1 amide bonds. The van der Waals surface area contributed by atoms with Crippen LogP contribution in [0.25, 0.3) is 10.2 Å². The second-order valence-corrected chi connectivity index (χ2v) is 10.3. The molecule has 0 bridgehead atoms. The third-order valence-corrected chi connectivity index (χ3v) is 7.05. The van der Waals surface area contributed by atoms with Crippen molar-refractivity contribution in [2.45, 2.75) is 14.8 Å². The number of benzene rings is 2. The first kappa shape index (κ1) is 19.6. The molecule has 0 spiro atoms. The molecule has 2 heterocycles. The minimum absolute atomic E-state index is 0.223. The van der Waals surface area contributed by atoms with Gasteiger partial charge in [-0.3, -0.25) is 10.1 Å². The van der Waals surface area contributed by atoms with Crippen LogP contribution in [0.1, 0.15) is 10.4 Å². The van der Waals surface area contributed by atoms with Gasteiger partial charge in [-0.25, -0.2) is 18.4 Å². The summed E-state index contributed by atoms with van der Waals surface area (Å²) in [6.45, 7) is 0. The molecule has 0 aliphatic heterocycles. The minimum Gasteiger partial charge on any atom is -0.298 e. The van der Waals surface area contributed by atoms with E-state index in [-0.39, 0.29) is 10.8 Å². The number of fused-ring (bicyclic) bond motifs is 1. The molecule has 9 heteroatoms. The fraction of sp³-hybridized carbons (Fsp3) is 0.0500. The minimum atomic E-state index is -3.31. The number of anilines is 1. The average molecular weight is 442 g/mol. The summed E-state index contributed by atoms with van der Waals surface area (Å²) < 4.78 is 24.2. The molecule has 0 aliphatic rings. The summed E-state index contributed by atoms with van der Waals surface area (Å²) in [5, 5.41) is 3.79. The lowest BCUT2D eigenvalue weighted by atomic mass is 10.3. The highest BCUT2D eigenvalue weighted by atomic mass is 32.2. The van der Waals surface area contributed by atoms with Crippen molar-refractivity contribution in [1.82, 2.24) is 9.97 Å². The molecule has 0 atom stereocenters. The largest absolute Gasteiger partial charge is 0.298 e. The van der Waals surface area contributed by atoms with E-state index in [1.54, 1.807) is 30.5 Å². The van der Waals surface area contributed by atoms with Crippen LogP contribution in [0.5, 0.6) is 0 Å². The molecule has 0 saturated heterocycles. The van der Waals surface area contributed by atoms with Gasteiger partial charge in [-0.2, -0.15) is 0 Å². The number of aromatic nitrogens is 2. The van der Waals surface area contributed by atoms with Crippen LogP contribution in [-0.2, 0) is 9.84 Å². The Hall–Kier alpha value is -2.75. The summed E-state index contributed by atoms with van der Waals surface area (Å²) in [4.78, 5) is 22.8. The summed E-state index contributed by atoms with van der Waals surface area (Å²) in [6, 6.07) is 17.8. The number of thiazole rings is 1. The fourth-order valence-electron chi connectivity index (χ4n) is 2.60. The smallest absolute Gasteiger partial charge is 0.260 e. The van der Waals surface area contributed by atoms with Crippen molar-refractivity contribution < 1.29 is 13.2 Å². The standard InChI is InChI=1S/C20H15N3O3S3/c1-29(25,26)14-9-10-16-17(12-14)28-20(22-16)23-18(24)15-8-5-11-21-19(15)27-13-6-3-2-4-7-13/h2-12H,1H3,(H,22,23,24). The number of amides is 1. The molecule has 6 nitrogen and oxygen atoms in total. The average Bonchev–Trinajstić information content (AvgIpc) is 3.10. The molecule has 0 aliphatic carbocycles. The number of nitrogens with one attached hydrogen (secondary N) is 1. The van der Waals surface area contributed by atoms with Gasteiger partial charge in [-0.15, -0.1) is 0 Å². The van der Waals surface area contributed by atoms with Crippen molar-refractivity contribution in [3.63, 3.8) is 0 Å². The number of hydrogen-bond acceptors (Lipinski definition) is 7. The monoisotopic (exact) mass is 441 g/mol. The summed E-state index contributed by atoms with van der Waals surface area (Å²) >= 11 is 2.63. The zero-order chi connectivity index (χ0) is 20.4. The maximum Gasteiger partial charge on any atom is 0.260 e. The maximum atomic E-state index is 12.8. The number of hydrogen-bond donors (Lipinski definition) is 1. The van der Waals surface area contributed by atoms with Gasteiger partial charge in [0.05, 0.1) is 20.7 Å². The highest BCUT2D eigenvalue weighted by Gasteiger charge is 2.16. The highest BCUT2D eigenvalue weighted by molar-refractivity contribution is 7.99. The van der Waals surface area contributed by atoms with Gasteiger partial charge in [0.2, 0.25) is 0 Å². The van der Waals surface area contributed by atoms with Crippen molar-refractivity contribution in [3.8, 4) is 0 Å². The van der Waals surface area contributed by atoms with Gasteiger partial charge in [0, 0.05) is 17.3 Å². The number of rotatable bonds is 5. The molecule has 0 unspecified atom stereocenters. The quantitative estimate of drug-likeness (QED) is 0.491. The third kappa shape index (κ3) is 4.47. The topological polar surface area (TPSA) is 89.0 Å². The normalized spacial score (nSPS) is 11.5. The Morgan fingerprint density at radius 3 is 2.62 bits per heavy atom. The van der Waals surface area contributed by atoms with Crippen LogP contribution in [0, 0.1) is 0 Å². The van der Waals surface area contributed by atoms with Crippen LogP contribution < -0.4 is 5.32 Å². The highest BCUT2D eigenvalue weighted by Crippen LogP contribution is 2.31. The Morgan fingerprint density at radius 1 is 1.07 bits per heavy atom. The predicted octanol–water partition coefficient (Wildman–Crippen LogP) is 4.50.